The summed E-state index contributed by atoms with van der Waals surface area (Å²) in [7, 11) is 0. The first-order valence-corrected chi connectivity index (χ1v) is 8.24. The maximum absolute atomic E-state index is 13.9. The van der Waals surface area contributed by atoms with Crippen LogP contribution in [-0.4, -0.2) is 17.7 Å². The lowest BCUT2D eigenvalue weighted by Gasteiger charge is -2.17. The molecule has 0 aliphatic carbocycles. The van der Waals surface area contributed by atoms with Crippen LogP contribution in [0.2, 0.25) is 0 Å². The summed E-state index contributed by atoms with van der Waals surface area (Å²) in [5.41, 5.74) is 0.249. The second-order valence-corrected chi connectivity index (χ2v) is 6.06. The van der Waals surface area contributed by atoms with Crippen molar-refractivity contribution in [3.05, 3.63) is 83.8 Å². The number of anilines is 2. The number of hydrogen-bond acceptors (Lipinski definition) is 4. The summed E-state index contributed by atoms with van der Waals surface area (Å²) in [5, 5.41) is 2.23. The molecule has 0 fully saturated rings. The SMILES string of the molecule is O=C(c1ccco1)C1C(=O)N(C(=O)Nc2ccc(F)cc2F)c2ccccc21. The number of furan rings is 1. The number of hydrogen-bond donors (Lipinski definition) is 1. The molecule has 0 saturated carbocycles. The molecule has 0 bridgehead atoms. The van der Waals surface area contributed by atoms with Crippen LogP contribution in [0.1, 0.15) is 22.0 Å². The Kier molecular flexibility index (Phi) is 4.23. The fourth-order valence-electron chi connectivity index (χ4n) is 3.10. The Balaban J connectivity index is 1.69. The highest BCUT2D eigenvalue weighted by atomic mass is 19.1. The van der Waals surface area contributed by atoms with E-state index < -0.39 is 35.3 Å². The van der Waals surface area contributed by atoms with Gasteiger partial charge in [-0.2, -0.15) is 0 Å². The van der Waals surface area contributed by atoms with Gasteiger partial charge in [-0.05, 0) is 35.9 Å². The standard InChI is InChI=1S/C20H12F2N2O4/c21-11-7-8-14(13(22)10-11)23-20(27)24-15-5-2-1-4-12(15)17(19(24)26)18(25)16-6-3-9-28-16/h1-10,17H,(H,23,27). The van der Waals surface area contributed by atoms with Crippen LogP contribution in [0, 0.1) is 11.6 Å². The lowest BCUT2D eigenvalue weighted by molar-refractivity contribution is -0.117. The number of ketones is 1. The number of carbonyl (C=O) groups is 3. The summed E-state index contributed by atoms with van der Waals surface area (Å²) in [6.07, 6.45) is 1.31. The predicted octanol–water partition coefficient (Wildman–Crippen LogP) is 4.10. The largest absolute Gasteiger partial charge is 0.461 e. The van der Waals surface area contributed by atoms with Crippen LogP contribution in [0.25, 0.3) is 0 Å². The molecule has 0 saturated heterocycles. The first kappa shape index (κ1) is 17.6. The maximum atomic E-state index is 13.9. The van der Waals surface area contributed by atoms with Crippen LogP contribution in [0.15, 0.2) is 65.3 Å². The van der Waals surface area contributed by atoms with Gasteiger partial charge in [0.2, 0.25) is 5.78 Å². The van der Waals surface area contributed by atoms with E-state index in [9.17, 15) is 23.2 Å². The number of imide groups is 1. The van der Waals surface area contributed by atoms with E-state index in [1.54, 1.807) is 18.2 Å². The molecule has 2 heterocycles. The molecular weight excluding hydrogens is 370 g/mol. The van der Waals surface area contributed by atoms with Gasteiger partial charge in [-0.25, -0.2) is 18.5 Å². The molecule has 1 aliphatic rings. The number of carbonyl (C=O) groups excluding carboxylic acids is 3. The van der Waals surface area contributed by atoms with Gasteiger partial charge in [-0.15, -0.1) is 0 Å². The Morgan fingerprint density at radius 2 is 1.82 bits per heavy atom. The Labute approximate surface area is 157 Å². The van der Waals surface area contributed by atoms with E-state index in [0.717, 1.165) is 17.0 Å². The number of para-hydroxylation sites is 1. The van der Waals surface area contributed by atoms with Crippen molar-refractivity contribution in [3.8, 4) is 0 Å². The number of Topliss-reactive ketones (excluding diaryl/α,β-unsaturated/α-hetero) is 1. The van der Waals surface area contributed by atoms with Gasteiger partial charge in [0.15, 0.2) is 5.76 Å². The zero-order chi connectivity index (χ0) is 19.8. The first-order chi connectivity index (χ1) is 13.5. The van der Waals surface area contributed by atoms with Crippen molar-refractivity contribution in [2.75, 3.05) is 10.2 Å². The fraction of sp³-hybridized carbons (Fsp3) is 0.0500. The molecule has 3 aromatic rings. The van der Waals surface area contributed by atoms with Crippen molar-refractivity contribution in [2.45, 2.75) is 5.92 Å². The van der Waals surface area contributed by atoms with Crippen molar-refractivity contribution in [1.29, 1.82) is 0 Å². The zero-order valence-corrected chi connectivity index (χ0v) is 14.2. The molecule has 0 spiro atoms. The maximum Gasteiger partial charge on any atom is 0.333 e. The van der Waals surface area contributed by atoms with Crippen molar-refractivity contribution in [1.82, 2.24) is 0 Å². The topological polar surface area (TPSA) is 79.6 Å². The van der Waals surface area contributed by atoms with Gasteiger partial charge in [0, 0.05) is 6.07 Å². The van der Waals surface area contributed by atoms with E-state index in [4.69, 9.17) is 4.42 Å². The van der Waals surface area contributed by atoms with E-state index >= 15 is 0 Å². The molecule has 1 atom stereocenters. The Bertz CT molecular complexity index is 1100. The van der Waals surface area contributed by atoms with E-state index in [1.807, 2.05) is 0 Å². The second kappa shape index (κ2) is 6.73. The summed E-state index contributed by atoms with van der Waals surface area (Å²) in [6, 6.07) is 10.9. The molecule has 1 aliphatic heterocycles. The van der Waals surface area contributed by atoms with E-state index in [0.29, 0.717) is 11.6 Å². The Morgan fingerprint density at radius 1 is 1.04 bits per heavy atom. The minimum Gasteiger partial charge on any atom is -0.461 e. The quantitative estimate of drug-likeness (QED) is 0.546. The highest BCUT2D eigenvalue weighted by Gasteiger charge is 2.45. The molecule has 0 radical (unpaired) electrons. The average molecular weight is 382 g/mol. The van der Waals surface area contributed by atoms with Gasteiger partial charge in [0.1, 0.15) is 17.6 Å². The summed E-state index contributed by atoms with van der Waals surface area (Å²) in [6.45, 7) is 0. The first-order valence-electron chi connectivity index (χ1n) is 8.24. The number of fused-ring (bicyclic) bond motifs is 1. The van der Waals surface area contributed by atoms with E-state index in [-0.39, 0.29) is 17.1 Å². The van der Waals surface area contributed by atoms with Crippen LogP contribution in [0.5, 0.6) is 0 Å². The van der Waals surface area contributed by atoms with Gasteiger partial charge in [-0.3, -0.25) is 9.59 Å². The molecule has 3 amide bonds. The van der Waals surface area contributed by atoms with Crippen LogP contribution in [0.4, 0.5) is 25.0 Å². The number of nitrogens with one attached hydrogen (secondary N) is 1. The molecule has 6 nitrogen and oxygen atoms in total. The van der Waals surface area contributed by atoms with E-state index in [2.05, 4.69) is 5.32 Å². The molecule has 140 valence electrons. The third-order valence-corrected chi connectivity index (χ3v) is 4.36. The monoisotopic (exact) mass is 382 g/mol. The molecule has 28 heavy (non-hydrogen) atoms. The van der Waals surface area contributed by atoms with Crippen molar-refractivity contribution < 1.29 is 27.6 Å². The number of halogens is 2. The smallest absolute Gasteiger partial charge is 0.333 e. The second-order valence-electron chi connectivity index (χ2n) is 6.06. The molecule has 1 unspecified atom stereocenters. The lowest BCUT2D eigenvalue weighted by Crippen LogP contribution is -2.39. The number of nitrogens with zero attached hydrogens (tertiary/aromatic N) is 1. The Morgan fingerprint density at radius 3 is 2.54 bits per heavy atom. The number of amides is 3. The van der Waals surface area contributed by atoms with Gasteiger partial charge in [0.05, 0.1) is 17.6 Å². The molecule has 2 aromatic carbocycles. The number of urea groups is 1. The van der Waals surface area contributed by atoms with Crippen molar-refractivity contribution in [3.63, 3.8) is 0 Å². The molecule has 1 N–H and O–H groups in total. The molecular formula is C20H12F2N2O4. The van der Waals surface area contributed by atoms with Gasteiger partial charge in [0.25, 0.3) is 5.91 Å². The third kappa shape index (κ3) is 2.84. The number of benzene rings is 2. The lowest BCUT2D eigenvalue weighted by atomic mass is 9.95. The number of rotatable bonds is 3. The minimum atomic E-state index is -1.26. The molecule has 8 heteroatoms. The highest BCUT2D eigenvalue weighted by molar-refractivity contribution is 6.31. The summed E-state index contributed by atoms with van der Waals surface area (Å²) in [4.78, 5) is 39.1. The minimum absolute atomic E-state index is 0.0139. The van der Waals surface area contributed by atoms with Crippen LogP contribution in [-0.2, 0) is 4.79 Å². The van der Waals surface area contributed by atoms with Crippen LogP contribution < -0.4 is 10.2 Å². The summed E-state index contributed by atoms with van der Waals surface area (Å²) < 4.78 is 32.0. The zero-order valence-electron chi connectivity index (χ0n) is 14.2. The summed E-state index contributed by atoms with van der Waals surface area (Å²) in [5.74, 6) is -4.45. The van der Waals surface area contributed by atoms with Gasteiger partial charge in [-0.1, -0.05) is 18.2 Å². The fourth-order valence-corrected chi connectivity index (χ4v) is 3.10. The Hall–Kier alpha value is -3.81. The van der Waals surface area contributed by atoms with Crippen LogP contribution in [0.3, 0.4) is 0 Å². The highest BCUT2D eigenvalue weighted by Crippen LogP contribution is 2.39. The predicted molar refractivity (Wildman–Crippen MR) is 95.1 cm³/mol. The molecule has 4 rings (SSSR count). The van der Waals surface area contributed by atoms with Crippen molar-refractivity contribution in [2.24, 2.45) is 0 Å². The summed E-state index contributed by atoms with van der Waals surface area (Å²) >= 11 is 0. The van der Waals surface area contributed by atoms with E-state index in [1.165, 1.54) is 24.5 Å². The van der Waals surface area contributed by atoms with Crippen LogP contribution >= 0.6 is 0 Å². The van der Waals surface area contributed by atoms with Crippen molar-refractivity contribution >= 4 is 29.1 Å². The van der Waals surface area contributed by atoms with Gasteiger partial charge >= 0.3 is 6.03 Å². The van der Waals surface area contributed by atoms with Gasteiger partial charge < -0.3 is 9.73 Å². The third-order valence-electron chi connectivity index (χ3n) is 4.36. The normalized spacial score (nSPS) is 15.4. The average Bonchev–Trinajstić information content (AvgIpc) is 3.29. The molecule has 1 aromatic heterocycles.